The molecule has 0 fully saturated rings. The number of rotatable bonds is 1. The smallest absolute Gasteiger partial charge is 0.395 e. The monoisotopic (exact) mass is 183 g/mol. The first kappa shape index (κ1) is 7.23. The zero-order valence-corrected chi connectivity index (χ0v) is 6.75. The molecule has 0 saturated heterocycles. The van der Waals surface area contributed by atoms with Crippen LogP contribution in [0.25, 0.3) is 5.03 Å². The average Bonchev–Trinajstić information content (AvgIpc) is 2.53. The molecular weight excluding hydrogens is 178 g/mol. The zero-order valence-electron chi connectivity index (χ0n) is 5.93. The van der Waals surface area contributed by atoms with Crippen LogP contribution in [0.3, 0.4) is 0 Å². The van der Waals surface area contributed by atoms with Crippen LogP contribution in [0, 0.1) is 0 Å². The SMILES string of the molecule is O=c1ocnn1C1=CC=CNS1. The van der Waals surface area contributed by atoms with E-state index >= 15 is 0 Å². The Bertz CT molecular complexity index is 389. The molecule has 0 bridgehead atoms. The molecule has 1 aromatic rings. The van der Waals surface area contributed by atoms with E-state index in [1.165, 1.54) is 16.6 Å². The quantitative estimate of drug-likeness (QED) is 0.638. The molecule has 0 unspecified atom stereocenters. The largest absolute Gasteiger partial charge is 0.442 e. The highest BCUT2D eigenvalue weighted by molar-refractivity contribution is 8.06. The van der Waals surface area contributed by atoms with E-state index in [9.17, 15) is 4.79 Å². The second-order valence-electron chi connectivity index (χ2n) is 2.00. The van der Waals surface area contributed by atoms with Crippen molar-refractivity contribution >= 4 is 17.0 Å². The summed E-state index contributed by atoms with van der Waals surface area (Å²) < 4.78 is 8.57. The minimum absolute atomic E-state index is 0.481. The van der Waals surface area contributed by atoms with Gasteiger partial charge in [-0.3, -0.25) is 0 Å². The van der Waals surface area contributed by atoms with E-state index < -0.39 is 5.76 Å². The predicted molar refractivity (Wildman–Crippen MR) is 44.9 cm³/mol. The van der Waals surface area contributed by atoms with Crippen LogP contribution in [0.4, 0.5) is 0 Å². The lowest BCUT2D eigenvalue weighted by atomic mass is 10.6. The van der Waals surface area contributed by atoms with Gasteiger partial charge in [0.25, 0.3) is 0 Å². The van der Waals surface area contributed by atoms with Crippen molar-refractivity contribution in [2.24, 2.45) is 0 Å². The Kier molecular flexibility index (Phi) is 1.75. The minimum atomic E-state index is -0.481. The summed E-state index contributed by atoms with van der Waals surface area (Å²) >= 11 is 1.30. The highest BCUT2D eigenvalue weighted by atomic mass is 32.2. The molecule has 6 heteroatoms. The first-order chi connectivity index (χ1) is 5.88. The van der Waals surface area contributed by atoms with Crippen LogP contribution in [-0.2, 0) is 0 Å². The van der Waals surface area contributed by atoms with E-state index in [0.717, 1.165) is 6.39 Å². The van der Waals surface area contributed by atoms with Gasteiger partial charge in [0.2, 0.25) is 6.39 Å². The molecule has 1 N–H and O–H groups in total. The molecule has 1 aliphatic heterocycles. The van der Waals surface area contributed by atoms with Crippen molar-refractivity contribution < 1.29 is 4.42 Å². The molecule has 12 heavy (non-hydrogen) atoms. The van der Waals surface area contributed by atoms with Gasteiger partial charge in [-0.2, -0.15) is 4.68 Å². The van der Waals surface area contributed by atoms with Crippen LogP contribution in [0.2, 0.25) is 0 Å². The van der Waals surface area contributed by atoms with Gasteiger partial charge < -0.3 is 9.14 Å². The van der Waals surface area contributed by atoms with E-state index in [1.807, 2.05) is 0 Å². The van der Waals surface area contributed by atoms with Crippen molar-refractivity contribution in [3.8, 4) is 0 Å². The number of nitrogens with zero attached hydrogens (tertiary/aromatic N) is 2. The Morgan fingerprint density at radius 3 is 3.17 bits per heavy atom. The van der Waals surface area contributed by atoms with Crippen molar-refractivity contribution in [2.45, 2.75) is 0 Å². The molecule has 0 radical (unpaired) electrons. The maximum absolute atomic E-state index is 10.9. The number of hydrogen-bond acceptors (Lipinski definition) is 5. The molecule has 5 nitrogen and oxygen atoms in total. The molecule has 0 spiro atoms. The van der Waals surface area contributed by atoms with Crippen LogP contribution in [0.15, 0.2) is 34.0 Å². The Morgan fingerprint density at radius 1 is 1.67 bits per heavy atom. The molecular formula is C6H5N3O2S. The van der Waals surface area contributed by atoms with E-state index in [4.69, 9.17) is 0 Å². The summed E-state index contributed by atoms with van der Waals surface area (Å²) in [5.74, 6) is -0.481. The van der Waals surface area contributed by atoms with Crippen LogP contribution < -0.4 is 10.5 Å². The summed E-state index contributed by atoms with van der Waals surface area (Å²) in [6.45, 7) is 0. The molecule has 2 rings (SSSR count). The number of nitrogens with one attached hydrogen (secondary N) is 1. The maximum atomic E-state index is 10.9. The second-order valence-corrected chi connectivity index (χ2v) is 2.86. The minimum Gasteiger partial charge on any atom is -0.395 e. The fourth-order valence-corrected chi connectivity index (χ4v) is 1.39. The highest BCUT2D eigenvalue weighted by Gasteiger charge is 2.07. The van der Waals surface area contributed by atoms with Gasteiger partial charge in [-0.05, 0) is 12.2 Å². The summed E-state index contributed by atoms with van der Waals surface area (Å²) in [7, 11) is 0. The van der Waals surface area contributed by atoms with Crippen molar-refractivity contribution in [1.29, 1.82) is 0 Å². The maximum Gasteiger partial charge on any atom is 0.442 e. The zero-order chi connectivity index (χ0) is 8.39. The number of allylic oxidation sites excluding steroid dienone is 2. The number of hydrogen-bond donors (Lipinski definition) is 1. The first-order valence-corrected chi connectivity index (χ1v) is 4.02. The van der Waals surface area contributed by atoms with Gasteiger partial charge in [-0.25, -0.2) is 4.79 Å². The van der Waals surface area contributed by atoms with E-state index in [2.05, 4.69) is 14.2 Å². The van der Waals surface area contributed by atoms with Gasteiger partial charge >= 0.3 is 5.76 Å². The van der Waals surface area contributed by atoms with Gasteiger partial charge in [-0.1, -0.05) is 0 Å². The Morgan fingerprint density at radius 2 is 2.58 bits per heavy atom. The van der Waals surface area contributed by atoms with Gasteiger partial charge in [0, 0.05) is 18.1 Å². The van der Waals surface area contributed by atoms with Gasteiger partial charge in [-0.15, -0.1) is 5.10 Å². The van der Waals surface area contributed by atoms with Crippen molar-refractivity contribution in [3.63, 3.8) is 0 Å². The third kappa shape index (κ3) is 1.16. The third-order valence-electron chi connectivity index (χ3n) is 1.26. The molecule has 2 heterocycles. The van der Waals surface area contributed by atoms with E-state index in [0.29, 0.717) is 5.03 Å². The van der Waals surface area contributed by atoms with Crippen molar-refractivity contribution in [1.82, 2.24) is 14.5 Å². The Balaban J connectivity index is 2.43. The molecule has 0 saturated carbocycles. The third-order valence-corrected chi connectivity index (χ3v) is 2.04. The first-order valence-electron chi connectivity index (χ1n) is 3.20. The summed E-state index contributed by atoms with van der Waals surface area (Å²) in [6, 6.07) is 0. The van der Waals surface area contributed by atoms with Crippen molar-refractivity contribution in [3.05, 3.63) is 35.3 Å². The molecule has 1 aliphatic rings. The summed E-state index contributed by atoms with van der Waals surface area (Å²) in [5.41, 5.74) is 0. The average molecular weight is 183 g/mol. The lowest BCUT2D eigenvalue weighted by Crippen LogP contribution is -2.15. The Labute approximate surface area is 71.9 Å². The highest BCUT2D eigenvalue weighted by Crippen LogP contribution is 2.17. The number of aromatic nitrogens is 2. The fourth-order valence-electron chi connectivity index (χ4n) is 0.772. The van der Waals surface area contributed by atoms with Gasteiger partial charge in [0.15, 0.2) is 0 Å². The van der Waals surface area contributed by atoms with Gasteiger partial charge in [0.1, 0.15) is 5.03 Å². The topological polar surface area (TPSA) is 60.1 Å². The lowest BCUT2D eigenvalue weighted by molar-refractivity contribution is 0.506. The fraction of sp³-hybridized carbons (Fsp3) is 0. The molecule has 1 aromatic heterocycles. The molecule has 0 aromatic carbocycles. The van der Waals surface area contributed by atoms with Crippen LogP contribution in [0.5, 0.6) is 0 Å². The van der Waals surface area contributed by atoms with Crippen LogP contribution in [0.1, 0.15) is 0 Å². The van der Waals surface area contributed by atoms with Gasteiger partial charge in [0.05, 0.1) is 0 Å². The van der Waals surface area contributed by atoms with E-state index in [1.54, 1.807) is 18.4 Å². The Hall–Kier alpha value is -1.43. The normalized spacial score (nSPS) is 15.5. The summed E-state index contributed by atoms with van der Waals surface area (Å²) in [6.07, 6.45) is 6.43. The van der Waals surface area contributed by atoms with Crippen LogP contribution in [-0.4, -0.2) is 9.78 Å². The second kappa shape index (κ2) is 2.90. The molecule has 0 aliphatic carbocycles. The lowest BCUT2D eigenvalue weighted by Gasteiger charge is -2.06. The summed E-state index contributed by atoms with van der Waals surface area (Å²) in [4.78, 5) is 10.9. The summed E-state index contributed by atoms with van der Waals surface area (Å²) in [5, 5.41) is 4.40. The molecule has 0 amide bonds. The van der Waals surface area contributed by atoms with Crippen LogP contribution >= 0.6 is 11.9 Å². The predicted octanol–water partition coefficient (Wildman–Crippen LogP) is 0.400. The molecule has 62 valence electrons. The van der Waals surface area contributed by atoms with Crippen molar-refractivity contribution in [2.75, 3.05) is 0 Å². The standard InChI is InChI=1S/C6H5N3O2S/c10-6-9(7-4-11-6)5-2-1-3-8-12-5/h1-4,8H. The molecule has 0 atom stereocenters. The van der Waals surface area contributed by atoms with E-state index in [-0.39, 0.29) is 0 Å².